The lowest BCUT2D eigenvalue weighted by Crippen LogP contribution is -1.75. The molecule has 1 aromatic heterocycles. The van der Waals surface area contributed by atoms with Crippen LogP contribution in [0.5, 0.6) is 5.06 Å². The largest absolute Gasteiger partial charge is 0.487 e. The highest BCUT2D eigenvalue weighted by Gasteiger charge is 2.08. The van der Waals surface area contributed by atoms with Gasteiger partial charge in [0.2, 0.25) is 0 Å². The highest BCUT2D eigenvalue weighted by atomic mass is 32.1. The van der Waals surface area contributed by atoms with Crippen molar-refractivity contribution in [3.8, 4) is 5.06 Å². The van der Waals surface area contributed by atoms with Gasteiger partial charge in [-0.1, -0.05) is 17.4 Å². The average molecular weight is 214 g/mol. The number of methoxy groups -OCH3 is 1. The van der Waals surface area contributed by atoms with E-state index in [0.29, 0.717) is 14.7 Å². The van der Waals surface area contributed by atoms with Crippen molar-refractivity contribution in [1.82, 2.24) is 0 Å². The monoisotopic (exact) mass is 214 g/mol. The van der Waals surface area contributed by atoms with Crippen LogP contribution in [0.4, 0.5) is 4.39 Å². The maximum atomic E-state index is 13.4. The summed E-state index contributed by atoms with van der Waals surface area (Å²) in [6.07, 6.45) is 0. The van der Waals surface area contributed by atoms with Gasteiger partial charge in [-0.15, -0.1) is 12.6 Å². The van der Waals surface area contributed by atoms with Gasteiger partial charge in [-0.05, 0) is 17.5 Å². The second-order valence-corrected chi connectivity index (χ2v) is 4.08. The Bertz CT molecular complexity index is 450. The van der Waals surface area contributed by atoms with Gasteiger partial charge in [0.15, 0.2) is 10.9 Å². The zero-order chi connectivity index (χ0) is 9.42. The first-order chi connectivity index (χ1) is 6.22. The molecule has 0 saturated carbocycles. The molecule has 0 fully saturated rings. The number of thiol groups is 1. The van der Waals surface area contributed by atoms with Crippen LogP contribution in [0.1, 0.15) is 0 Å². The van der Waals surface area contributed by atoms with Crippen LogP contribution in [0, 0.1) is 5.82 Å². The van der Waals surface area contributed by atoms with Gasteiger partial charge in [-0.2, -0.15) is 0 Å². The Labute approximate surface area is 84.6 Å². The van der Waals surface area contributed by atoms with E-state index in [4.69, 9.17) is 4.74 Å². The Balaban J connectivity index is 2.76. The van der Waals surface area contributed by atoms with Crippen molar-refractivity contribution >= 4 is 34.1 Å². The van der Waals surface area contributed by atoms with Gasteiger partial charge >= 0.3 is 0 Å². The lowest BCUT2D eigenvalue weighted by molar-refractivity contribution is 0.427. The fourth-order valence-electron chi connectivity index (χ4n) is 1.14. The van der Waals surface area contributed by atoms with E-state index in [1.807, 2.05) is 12.1 Å². The molecule has 4 heteroatoms. The number of thiophene rings is 1. The molecule has 1 aromatic carbocycles. The smallest absolute Gasteiger partial charge is 0.174 e. The standard InChI is InChI=1S/C9H7FOS2/c1-11-7-4-5-2-3-6(12)8(10)9(5)13-7/h2-4,12H,1H3. The van der Waals surface area contributed by atoms with Crippen molar-refractivity contribution in [2.75, 3.05) is 7.11 Å². The van der Waals surface area contributed by atoms with Crippen molar-refractivity contribution in [1.29, 1.82) is 0 Å². The first-order valence-electron chi connectivity index (χ1n) is 3.67. The molecule has 1 nitrogen and oxygen atoms in total. The summed E-state index contributed by atoms with van der Waals surface area (Å²) in [5, 5.41) is 1.57. The van der Waals surface area contributed by atoms with Crippen molar-refractivity contribution in [2.24, 2.45) is 0 Å². The van der Waals surface area contributed by atoms with Gasteiger partial charge in [0.25, 0.3) is 0 Å². The molecule has 0 aliphatic carbocycles. The Morgan fingerprint density at radius 1 is 1.46 bits per heavy atom. The molecule has 0 radical (unpaired) electrons. The molecule has 0 saturated heterocycles. The topological polar surface area (TPSA) is 9.23 Å². The van der Waals surface area contributed by atoms with E-state index in [1.54, 1.807) is 13.2 Å². The summed E-state index contributed by atoms with van der Waals surface area (Å²) < 4.78 is 19.0. The van der Waals surface area contributed by atoms with Crippen LogP contribution >= 0.6 is 24.0 Å². The van der Waals surface area contributed by atoms with Crippen molar-refractivity contribution < 1.29 is 9.13 Å². The fraction of sp³-hybridized carbons (Fsp3) is 0.111. The number of hydrogen-bond acceptors (Lipinski definition) is 3. The van der Waals surface area contributed by atoms with Crippen LogP contribution in [0.15, 0.2) is 23.1 Å². The summed E-state index contributed by atoms with van der Waals surface area (Å²) in [6.45, 7) is 0. The van der Waals surface area contributed by atoms with Gasteiger partial charge in [0.1, 0.15) is 0 Å². The molecule has 0 N–H and O–H groups in total. The number of ether oxygens (including phenoxy) is 1. The molecule has 0 aliphatic rings. The van der Waals surface area contributed by atoms with Crippen LogP contribution in [-0.4, -0.2) is 7.11 Å². The van der Waals surface area contributed by atoms with Crippen LogP contribution in [0.3, 0.4) is 0 Å². The third kappa shape index (κ3) is 1.40. The second kappa shape index (κ2) is 3.20. The average Bonchev–Trinajstić information content (AvgIpc) is 2.55. The van der Waals surface area contributed by atoms with Crippen molar-refractivity contribution in [2.45, 2.75) is 4.90 Å². The molecule has 0 amide bonds. The molecule has 2 rings (SSSR count). The summed E-state index contributed by atoms with van der Waals surface area (Å²) in [6, 6.07) is 5.29. The highest BCUT2D eigenvalue weighted by Crippen LogP contribution is 2.35. The SMILES string of the molecule is COc1cc2ccc(S)c(F)c2s1. The normalized spacial score (nSPS) is 10.7. The minimum absolute atomic E-state index is 0.269. The Morgan fingerprint density at radius 2 is 2.23 bits per heavy atom. The molecular weight excluding hydrogens is 207 g/mol. The van der Waals surface area contributed by atoms with E-state index in [-0.39, 0.29) is 5.82 Å². The van der Waals surface area contributed by atoms with Gasteiger partial charge in [-0.25, -0.2) is 4.39 Å². The fourth-order valence-corrected chi connectivity index (χ4v) is 2.31. The second-order valence-electron chi connectivity index (χ2n) is 2.59. The molecule has 0 bridgehead atoms. The maximum Gasteiger partial charge on any atom is 0.174 e. The zero-order valence-electron chi connectivity index (χ0n) is 6.87. The first-order valence-corrected chi connectivity index (χ1v) is 4.93. The van der Waals surface area contributed by atoms with E-state index >= 15 is 0 Å². The summed E-state index contributed by atoms with van der Waals surface area (Å²) >= 11 is 5.30. The number of benzene rings is 1. The Morgan fingerprint density at radius 3 is 2.92 bits per heavy atom. The third-order valence-electron chi connectivity index (χ3n) is 1.78. The number of rotatable bonds is 1. The summed E-state index contributed by atoms with van der Waals surface area (Å²) in [5.41, 5.74) is 0. The molecule has 2 aromatic rings. The summed E-state index contributed by atoms with van der Waals surface area (Å²) in [7, 11) is 1.57. The molecular formula is C9H7FOS2. The predicted octanol–water partition coefficient (Wildman–Crippen LogP) is 3.34. The van der Waals surface area contributed by atoms with Crippen molar-refractivity contribution in [3.63, 3.8) is 0 Å². The van der Waals surface area contributed by atoms with Gasteiger partial charge in [0, 0.05) is 4.90 Å². The molecule has 0 atom stereocenters. The predicted molar refractivity (Wildman–Crippen MR) is 55.6 cm³/mol. The van der Waals surface area contributed by atoms with Crippen LogP contribution in [0.25, 0.3) is 10.1 Å². The van der Waals surface area contributed by atoms with E-state index in [2.05, 4.69) is 12.6 Å². The Kier molecular flexibility index (Phi) is 2.17. The first kappa shape index (κ1) is 8.84. The zero-order valence-corrected chi connectivity index (χ0v) is 8.58. The van der Waals surface area contributed by atoms with E-state index in [0.717, 1.165) is 5.39 Å². The molecule has 0 aliphatic heterocycles. The highest BCUT2D eigenvalue weighted by molar-refractivity contribution is 7.80. The van der Waals surface area contributed by atoms with Gasteiger partial charge < -0.3 is 4.74 Å². The maximum absolute atomic E-state index is 13.4. The quantitative estimate of drug-likeness (QED) is 0.716. The van der Waals surface area contributed by atoms with Crippen LogP contribution < -0.4 is 4.74 Å². The number of fused-ring (bicyclic) bond motifs is 1. The summed E-state index contributed by atoms with van der Waals surface area (Å²) in [4.78, 5) is 0.372. The van der Waals surface area contributed by atoms with Crippen molar-refractivity contribution in [3.05, 3.63) is 24.0 Å². The number of hydrogen-bond donors (Lipinski definition) is 1. The lowest BCUT2D eigenvalue weighted by Gasteiger charge is -1.94. The molecule has 0 unspecified atom stereocenters. The molecule has 13 heavy (non-hydrogen) atoms. The van der Waals surface area contributed by atoms with Gasteiger partial charge in [-0.3, -0.25) is 0 Å². The minimum atomic E-state index is -0.269. The van der Waals surface area contributed by atoms with Gasteiger partial charge in [0.05, 0.1) is 11.8 Å². The summed E-state index contributed by atoms with van der Waals surface area (Å²) in [5.74, 6) is -0.269. The molecule has 0 spiro atoms. The Hall–Kier alpha value is -0.740. The third-order valence-corrected chi connectivity index (χ3v) is 3.23. The lowest BCUT2D eigenvalue weighted by atomic mass is 10.2. The number of halogens is 1. The van der Waals surface area contributed by atoms with E-state index < -0.39 is 0 Å². The van der Waals surface area contributed by atoms with Crippen LogP contribution in [0.2, 0.25) is 0 Å². The van der Waals surface area contributed by atoms with Crippen LogP contribution in [-0.2, 0) is 0 Å². The van der Waals surface area contributed by atoms with E-state index in [9.17, 15) is 4.39 Å². The van der Waals surface area contributed by atoms with E-state index in [1.165, 1.54) is 11.3 Å². The molecule has 68 valence electrons. The molecule has 1 heterocycles. The minimum Gasteiger partial charge on any atom is -0.487 e.